The zero-order valence-electron chi connectivity index (χ0n) is 10.7. The molecule has 4 heteroatoms. The van der Waals surface area contributed by atoms with Crippen molar-refractivity contribution < 1.29 is 0 Å². The topological polar surface area (TPSA) is 29.3 Å². The Labute approximate surface area is 112 Å². The Morgan fingerprint density at radius 3 is 3.06 bits per heavy atom. The van der Waals surface area contributed by atoms with Crippen LogP contribution in [0.25, 0.3) is 11.7 Å². The van der Waals surface area contributed by atoms with Crippen LogP contribution >= 0.6 is 11.6 Å². The van der Waals surface area contributed by atoms with Gasteiger partial charge in [-0.3, -0.25) is 4.40 Å². The quantitative estimate of drug-likeness (QED) is 0.839. The van der Waals surface area contributed by atoms with E-state index in [2.05, 4.69) is 30.2 Å². The molecule has 0 amide bonds. The molecule has 0 spiro atoms. The third-order valence-electron chi connectivity index (χ3n) is 2.61. The van der Waals surface area contributed by atoms with E-state index in [0.29, 0.717) is 11.1 Å². The van der Waals surface area contributed by atoms with Gasteiger partial charge in [0.15, 0.2) is 5.15 Å². The van der Waals surface area contributed by atoms with Crippen molar-refractivity contribution in [2.45, 2.75) is 13.8 Å². The fourth-order valence-corrected chi connectivity index (χ4v) is 2.00. The number of halogens is 1. The summed E-state index contributed by atoms with van der Waals surface area (Å²) >= 11 is 6.13. The Morgan fingerprint density at radius 2 is 2.28 bits per heavy atom. The molecule has 3 nitrogen and oxygen atoms in total. The second-order valence-corrected chi connectivity index (χ2v) is 5.03. The van der Waals surface area contributed by atoms with Gasteiger partial charge in [-0.25, -0.2) is 4.98 Å². The number of imidazole rings is 1. The van der Waals surface area contributed by atoms with Crippen LogP contribution in [0.1, 0.15) is 19.5 Å². The van der Waals surface area contributed by atoms with Crippen LogP contribution in [-0.2, 0) is 0 Å². The molecule has 2 heterocycles. The van der Waals surface area contributed by atoms with Crippen LogP contribution in [0, 0.1) is 5.92 Å². The summed E-state index contributed by atoms with van der Waals surface area (Å²) in [6.07, 6.45) is 6.05. The zero-order chi connectivity index (χ0) is 13.0. The summed E-state index contributed by atoms with van der Waals surface area (Å²) in [5, 5.41) is 3.90. The minimum Gasteiger partial charge on any atom is -0.313 e. The van der Waals surface area contributed by atoms with Crippen molar-refractivity contribution in [3.8, 4) is 0 Å². The highest BCUT2D eigenvalue weighted by Crippen LogP contribution is 2.18. The molecule has 0 aliphatic rings. The number of hydrogen-bond donors (Lipinski definition) is 1. The SMILES string of the molecule is CC(C)CNCC=Cc1c(Cl)nc2ccccn12. The van der Waals surface area contributed by atoms with E-state index in [0.717, 1.165) is 24.4 Å². The molecule has 2 aromatic heterocycles. The average molecular weight is 264 g/mol. The van der Waals surface area contributed by atoms with E-state index in [1.54, 1.807) is 0 Å². The second kappa shape index (κ2) is 6.03. The van der Waals surface area contributed by atoms with Gasteiger partial charge in [-0.15, -0.1) is 0 Å². The van der Waals surface area contributed by atoms with Crippen molar-refractivity contribution in [2.75, 3.05) is 13.1 Å². The fourth-order valence-electron chi connectivity index (χ4n) is 1.76. The Balaban J connectivity index is 2.07. The number of pyridine rings is 1. The maximum absolute atomic E-state index is 6.13. The van der Waals surface area contributed by atoms with Crippen LogP contribution in [0.3, 0.4) is 0 Å². The number of hydrogen-bond acceptors (Lipinski definition) is 2. The Kier molecular flexibility index (Phi) is 4.39. The third kappa shape index (κ3) is 3.12. The largest absolute Gasteiger partial charge is 0.313 e. The summed E-state index contributed by atoms with van der Waals surface area (Å²) in [5.74, 6) is 0.665. The van der Waals surface area contributed by atoms with Gasteiger partial charge < -0.3 is 5.32 Å². The Hall–Kier alpha value is -1.32. The van der Waals surface area contributed by atoms with Gasteiger partial charge in [0.25, 0.3) is 0 Å². The van der Waals surface area contributed by atoms with Crippen molar-refractivity contribution in [2.24, 2.45) is 5.92 Å². The summed E-state index contributed by atoms with van der Waals surface area (Å²) in [7, 11) is 0. The molecule has 0 aliphatic heterocycles. The highest BCUT2D eigenvalue weighted by molar-refractivity contribution is 6.31. The van der Waals surface area contributed by atoms with E-state index < -0.39 is 0 Å². The lowest BCUT2D eigenvalue weighted by atomic mass is 10.2. The first kappa shape index (κ1) is 13.1. The Morgan fingerprint density at radius 1 is 1.44 bits per heavy atom. The second-order valence-electron chi connectivity index (χ2n) is 4.67. The zero-order valence-corrected chi connectivity index (χ0v) is 11.5. The van der Waals surface area contributed by atoms with E-state index in [1.165, 1.54) is 0 Å². The van der Waals surface area contributed by atoms with E-state index in [9.17, 15) is 0 Å². The minimum absolute atomic E-state index is 0.543. The van der Waals surface area contributed by atoms with Gasteiger partial charge in [0.1, 0.15) is 5.65 Å². The highest BCUT2D eigenvalue weighted by atomic mass is 35.5. The molecule has 18 heavy (non-hydrogen) atoms. The molecule has 0 saturated carbocycles. The number of rotatable bonds is 5. The smallest absolute Gasteiger partial charge is 0.155 e. The summed E-state index contributed by atoms with van der Waals surface area (Å²) in [6, 6.07) is 5.87. The monoisotopic (exact) mass is 263 g/mol. The maximum atomic E-state index is 6.13. The van der Waals surface area contributed by atoms with Crippen LogP contribution in [0.2, 0.25) is 5.15 Å². The molecule has 0 atom stereocenters. The van der Waals surface area contributed by atoms with E-state index in [4.69, 9.17) is 11.6 Å². The molecule has 2 rings (SSSR count). The molecule has 1 N–H and O–H groups in total. The van der Waals surface area contributed by atoms with Crippen molar-refractivity contribution >= 4 is 23.3 Å². The first-order valence-electron chi connectivity index (χ1n) is 6.18. The van der Waals surface area contributed by atoms with Gasteiger partial charge in [-0.1, -0.05) is 37.6 Å². The molecular formula is C14H18ClN3. The third-order valence-corrected chi connectivity index (χ3v) is 2.89. The summed E-state index contributed by atoms with van der Waals surface area (Å²) < 4.78 is 1.99. The van der Waals surface area contributed by atoms with Gasteiger partial charge in [0.2, 0.25) is 0 Å². The lowest BCUT2D eigenvalue weighted by Gasteiger charge is -2.03. The molecule has 96 valence electrons. The summed E-state index contributed by atoms with van der Waals surface area (Å²) in [6.45, 7) is 6.25. The standard InChI is InChI=1S/C14H18ClN3/c1-11(2)10-16-8-5-6-12-14(15)17-13-7-3-4-9-18(12)13/h3-7,9,11,16H,8,10H2,1-2H3. The molecule has 0 aromatic carbocycles. The van der Waals surface area contributed by atoms with E-state index >= 15 is 0 Å². The number of nitrogens with zero attached hydrogens (tertiary/aromatic N) is 2. The average Bonchev–Trinajstić information content (AvgIpc) is 2.65. The molecule has 0 fully saturated rings. The molecule has 0 radical (unpaired) electrons. The Bertz CT molecular complexity index is 543. The van der Waals surface area contributed by atoms with Crippen LogP contribution in [-0.4, -0.2) is 22.5 Å². The summed E-state index contributed by atoms with van der Waals surface area (Å²) in [4.78, 5) is 4.30. The molecule has 0 unspecified atom stereocenters. The van der Waals surface area contributed by atoms with Gasteiger partial charge in [0.05, 0.1) is 5.69 Å². The molecule has 2 aromatic rings. The van der Waals surface area contributed by atoms with Crippen LogP contribution in [0.4, 0.5) is 0 Å². The fraction of sp³-hybridized carbons (Fsp3) is 0.357. The lowest BCUT2D eigenvalue weighted by molar-refractivity contribution is 0.577. The predicted octanol–water partition coefficient (Wildman–Crippen LogP) is 3.25. The summed E-state index contributed by atoms with van der Waals surface area (Å²) in [5.41, 5.74) is 1.80. The first-order chi connectivity index (χ1) is 8.68. The highest BCUT2D eigenvalue weighted by Gasteiger charge is 2.05. The van der Waals surface area contributed by atoms with E-state index in [-0.39, 0.29) is 0 Å². The van der Waals surface area contributed by atoms with Crippen molar-refractivity contribution in [1.29, 1.82) is 0 Å². The van der Waals surface area contributed by atoms with Gasteiger partial charge >= 0.3 is 0 Å². The van der Waals surface area contributed by atoms with Crippen molar-refractivity contribution in [1.82, 2.24) is 14.7 Å². The van der Waals surface area contributed by atoms with Crippen molar-refractivity contribution in [3.05, 3.63) is 41.3 Å². The number of nitrogens with one attached hydrogen (secondary N) is 1. The first-order valence-corrected chi connectivity index (χ1v) is 6.56. The molecule has 0 saturated heterocycles. The number of fused-ring (bicyclic) bond motifs is 1. The molecule has 0 bridgehead atoms. The molecule has 0 aliphatic carbocycles. The molecular weight excluding hydrogens is 246 g/mol. The van der Waals surface area contributed by atoms with Gasteiger partial charge in [-0.05, 0) is 30.7 Å². The van der Waals surface area contributed by atoms with Crippen LogP contribution in [0.5, 0.6) is 0 Å². The predicted molar refractivity (Wildman–Crippen MR) is 76.9 cm³/mol. The lowest BCUT2D eigenvalue weighted by Crippen LogP contribution is -2.19. The number of aromatic nitrogens is 2. The van der Waals surface area contributed by atoms with Gasteiger partial charge in [0, 0.05) is 12.7 Å². The van der Waals surface area contributed by atoms with Crippen molar-refractivity contribution in [3.63, 3.8) is 0 Å². The van der Waals surface area contributed by atoms with Crippen LogP contribution in [0.15, 0.2) is 30.5 Å². The maximum Gasteiger partial charge on any atom is 0.155 e. The van der Waals surface area contributed by atoms with E-state index in [1.807, 2.05) is 34.9 Å². The normalized spacial score (nSPS) is 12.0. The van der Waals surface area contributed by atoms with Gasteiger partial charge in [-0.2, -0.15) is 0 Å². The minimum atomic E-state index is 0.543. The van der Waals surface area contributed by atoms with Crippen LogP contribution < -0.4 is 5.32 Å².